The summed E-state index contributed by atoms with van der Waals surface area (Å²) in [5, 5.41) is 2.81. The lowest BCUT2D eigenvalue weighted by molar-refractivity contribution is -0.121. The summed E-state index contributed by atoms with van der Waals surface area (Å²) in [6.07, 6.45) is 0.391. The molecule has 0 aliphatic heterocycles. The lowest BCUT2D eigenvalue weighted by atomic mass is 10.1. The number of nitrogens with two attached hydrogens (primary N) is 1. The molecular weight excluding hydrogens is 184 g/mol. The van der Waals surface area contributed by atoms with E-state index in [-0.39, 0.29) is 11.8 Å². The van der Waals surface area contributed by atoms with Crippen LogP contribution in [0.25, 0.3) is 0 Å². The van der Waals surface area contributed by atoms with E-state index in [0.29, 0.717) is 23.9 Å². The minimum Gasteiger partial charge on any atom is -0.393 e. The van der Waals surface area contributed by atoms with Gasteiger partial charge in [0, 0.05) is 18.9 Å². The Balaban J connectivity index is 3.68. The third-order valence-corrected chi connectivity index (χ3v) is 2.09. The monoisotopic (exact) mass is 202 g/mol. The summed E-state index contributed by atoms with van der Waals surface area (Å²) < 4.78 is 0. The first kappa shape index (κ1) is 12.4. The minimum atomic E-state index is -0.0119. The van der Waals surface area contributed by atoms with Crippen molar-refractivity contribution in [3.63, 3.8) is 0 Å². The zero-order chi connectivity index (χ0) is 10.4. The van der Waals surface area contributed by atoms with E-state index in [9.17, 15) is 4.79 Å². The van der Waals surface area contributed by atoms with Crippen LogP contribution in [-0.4, -0.2) is 17.4 Å². The number of thiocarbonyl (C=S) groups is 1. The van der Waals surface area contributed by atoms with Crippen LogP contribution in [0.4, 0.5) is 0 Å². The minimum absolute atomic E-state index is 0.0119. The van der Waals surface area contributed by atoms with Gasteiger partial charge >= 0.3 is 0 Å². The molecule has 0 aromatic heterocycles. The number of rotatable bonds is 5. The summed E-state index contributed by atoms with van der Waals surface area (Å²) in [7, 11) is 0. The second-order valence-electron chi connectivity index (χ2n) is 3.71. The molecule has 1 atom stereocenters. The zero-order valence-corrected chi connectivity index (χ0v) is 9.28. The van der Waals surface area contributed by atoms with E-state index in [1.807, 2.05) is 6.92 Å². The predicted molar refractivity (Wildman–Crippen MR) is 58.4 cm³/mol. The highest BCUT2D eigenvalue weighted by atomic mass is 32.1. The molecular formula is C9H18N2OS. The summed E-state index contributed by atoms with van der Waals surface area (Å²) in [5.41, 5.74) is 5.39. The van der Waals surface area contributed by atoms with E-state index in [1.165, 1.54) is 0 Å². The smallest absolute Gasteiger partial charge is 0.220 e. The van der Waals surface area contributed by atoms with E-state index in [1.54, 1.807) is 0 Å². The molecule has 13 heavy (non-hydrogen) atoms. The van der Waals surface area contributed by atoms with Crippen molar-refractivity contribution in [2.75, 3.05) is 6.54 Å². The van der Waals surface area contributed by atoms with Crippen LogP contribution in [0.5, 0.6) is 0 Å². The first-order valence-electron chi connectivity index (χ1n) is 4.49. The highest BCUT2D eigenvalue weighted by Gasteiger charge is 2.10. The van der Waals surface area contributed by atoms with Crippen molar-refractivity contribution in [3.05, 3.63) is 0 Å². The second kappa shape index (κ2) is 5.91. The molecule has 76 valence electrons. The van der Waals surface area contributed by atoms with Crippen molar-refractivity contribution in [2.45, 2.75) is 27.2 Å². The SMILES string of the molecule is CC(C)CNC(=O)CC(C)C(N)=S. The Labute approximate surface area is 85.1 Å². The number of nitrogens with one attached hydrogen (secondary N) is 1. The van der Waals surface area contributed by atoms with Gasteiger partial charge < -0.3 is 11.1 Å². The molecule has 0 saturated heterocycles. The van der Waals surface area contributed by atoms with Crippen LogP contribution >= 0.6 is 12.2 Å². The van der Waals surface area contributed by atoms with Crippen LogP contribution in [0.1, 0.15) is 27.2 Å². The molecule has 3 nitrogen and oxygen atoms in total. The third-order valence-electron chi connectivity index (χ3n) is 1.68. The zero-order valence-electron chi connectivity index (χ0n) is 8.46. The van der Waals surface area contributed by atoms with Gasteiger partial charge in [0.2, 0.25) is 5.91 Å². The lowest BCUT2D eigenvalue weighted by Crippen LogP contribution is -2.31. The molecule has 0 aliphatic rings. The Morgan fingerprint density at radius 2 is 2.00 bits per heavy atom. The van der Waals surface area contributed by atoms with Gasteiger partial charge in [0.05, 0.1) is 4.99 Å². The molecule has 0 rings (SSSR count). The fourth-order valence-corrected chi connectivity index (χ4v) is 0.852. The van der Waals surface area contributed by atoms with Crippen molar-refractivity contribution < 1.29 is 4.79 Å². The summed E-state index contributed by atoms with van der Waals surface area (Å²) in [4.78, 5) is 11.6. The number of carbonyl (C=O) groups excluding carboxylic acids is 1. The van der Waals surface area contributed by atoms with Gasteiger partial charge in [-0.05, 0) is 5.92 Å². The van der Waals surface area contributed by atoms with Crippen molar-refractivity contribution in [1.29, 1.82) is 0 Å². The standard InChI is InChI=1S/C9H18N2OS/c1-6(2)5-11-8(12)4-7(3)9(10)13/h6-7H,4-5H2,1-3H3,(H2,10,13)(H,11,12). The van der Waals surface area contributed by atoms with Crippen LogP contribution in [0.2, 0.25) is 0 Å². The fourth-order valence-electron chi connectivity index (χ4n) is 0.769. The molecule has 0 aromatic rings. The van der Waals surface area contributed by atoms with Gasteiger partial charge in [-0.25, -0.2) is 0 Å². The molecule has 0 saturated carbocycles. The van der Waals surface area contributed by atoms with Gasteiger partial charge in [0.1, 0.15) is 0 Å². The Morgan fingerprint density at radius 3 is 2.38 bits per heavy atom. The highest BCUT2D eigenvalue weighted by molar-refractivity contribution is 7.80. The molecule has 0 aliphatic carbocycles. The van der Waals surface area contributed by atoms with Gasteiger partial charge in [0.15, 0.2) is 0 Å². The average molecular weight is 202 g/mol. The van der Waals surface area contributed by atoms with Crippen LogP contribution in [0.15, 0.2) is 0 Å². The molecule has 3 N–H and O–H groups in total. The van der Waals surface area contributed by atoms with Crippen LogP contribution in [0.3, 0.4) is 0 Å². The van der Waals surface area contributed by atoms with E-state index in [4.69, 9.17) is 18.0 Å². The van der Waals surface area contributed by atoms with Gasteiger partial charge in [-0.15, -0.1) is 0 Å². The van der Waals surface area contributed by atoms with Crippen LogP contribution in [0, 0.1) is 11.8 Å². The molecule has 4 heteroatoms. The second-order valence-corrected chi connectivity index (χ2v) is 4.18. The number of carbonyl (C=O) groups is 1. The summed E-state index contributed by atoms with van der Waals surface area (Å²) in [6, 6.07) is 0. The van der Waals surface area contributed by atoms with Crippen molar-refractivity contribution in [3.8, 4) is 0 Å². The first-order valence-corrected chi connectivity index (χ1v) is 4.90. The van der Waals surface area contributed by atoms with Gasteiger partial charge in [-0.1, -0.05) is 33.0 Å². The fraction of sp³-hybridized carbons (Fsp3) is 0.778. The Morgan fingerprint density at radius 1 is 1.46 bits per heavy atom. The number of amides is 1. The third kappa shape index (κ3) is 6.51. The van der Waals surface area contributed by atoms with Gasteiger partial charge in [-0.2, -0.15) is 0 Å². The lowest BCUT2D eigenvalue weighted by Gasteiger charge is -2.11. The molecule has 0 aromatic carbocycles. The maximum atomic E-state index is 11.2. The van der Waals surface area contributed by atoms with E-state index in [2.05, 4.69) is 19.2 Å². The van der Waals surface area contributed by atoms with E-state index < -0.39 is 0 Å². The van der Waals surface area contributed by atoms with Crippen molar-refractivity contribution in [1.82, 2.24) is 5.32 Å². The van der Waals surface area contributed by atoms with Crippen molar-refractivity contribution >= 4 is 23.1 Å². The van der Waals surface area contributed by atoms with Gasteiger partial charge in [0.25, 0.3) is 0 Å². The van der Waals surface area contributed by atoms with Gasteiger partial charge in [-0.3, -0.25) is 4.79 Å². The largest absolute Gasteiger partial charge is 0.393 e. The molecule has 1 unspecified atom stereocenters. The molecule has 1 amide bonds. The number of hydrogen-bond acceptors (Lipinski definition) is 2. The average Bonchev–Trinajstić information content (AvgIpc) is 2.00. The quantitative estimate of drug-likeness (QED) is 0.656. The summed E-state index contributed by atoms with van der Waals surface area (Å²) >= 11 is 4.77. The van der Waals surface area contributed by atoms with Crippen molar-refractivity contribution in [2.24, 2.45) is 17.6 Å². The molecule has 0 bridgehead atoms. The molecule has 0 spiro atoms. The summed E-state index contributed by atoms with van der Waals surface area (Å²) in [6.45, 7) is 6.68. The Bertz CT molecular complexity index is 192. The molecule has 0 radical (unpaired) electrons. The van der Waals surface area contributed by atoms with E-state index >= 15 is 0 Å². The van der Waals surface area contributed by atoms with E-state index in [0.717, 1.165) is 0 Å². The molecule has 0 heterocycles. The normalized spacial score (nSPS) is 12.6. The number of hydrogen-bond donors (Lipinski definition) is 2. The van der Waals surface area contributed by atoms with Crippen LogP contribution in [-0.2, 0) is 4.79 Å². The Kier molecular flexibility index (Phi) is 5.62. The topological polar surface area (TPSA) is 55.1 Å². The maximum Gasteiger partial charge on any atom is 0.220 e. The highest BCUT2D eigenvalue weighted by Crippen LogP contribution is 2.01. The maximum absolute atomic E-state index is 11.2. The Hall–Kier alpha value is -0.640. The first-order chi connectivity index (χ1) is 5.93. The van der Waals surface area contributed by atoms with Crippen LogP contribution < -0.4 is 11.1 Å². The summed E-state index contributed by atoms with van der Waals surface area (Å²) in [5.74, 6) is 0.486. The molecule has 0 fully saturated rings. The predicted octanol–water partition coefficient (Wildman–Crippen LogP) is 1.07.